The fourth-order valence-corrected chi connectivity index (χ4v) is 3.41. The van der Waals surface area contributed by atoms with E-state index in [2.05, 4.69) is 46.5 Å². The van der Waals surface area contributed by atoms with Gasteiger partial charge < -0.3 is 5.32 Å². The van der Waals surface area contributed by atoms with Gasteiger partial charge >= 0.3 is 0 Å². The zero-order chi connectivity index (χ0) is 13.7. The number of aryl methyl sites for hydroxylation is 2. The molecule has 102 valence electrons. The van der Waals surface area contributed by atoms with Crippen molar-refractivity contribution < 1.29 is 0 Å². The molecule has 2 rings (SSSR count). The highest BCUT2D eigenvalue weighted by atomic mass is 32.2. The van der Waals surface area contributed by atoms with Crippen LogP contribution in [0.5, 0.6) is 0 Å². The van der Waals surface area contributed by atoms with E-state index in [1.807, 2.05) is 6.92 Å². The standard InChI is InChI=1S/C13H18N4S2/c1-4-5-14-13-17-16-12(19-13)8-18-11-7-9(2)6-10(3)15-11/h6-7H,4-5,8H2,1-3H3,(H,14,17). The molecule has 0 bridgehead atoms. The molecule has 2 heterocycles. The van der Waals surface area contributed by atoms with Crippen molar-refractivity contribution in [3.05, 3.63) is 28.4 Å². The second-order valence-electron chi connectivity index (χ2n) is 4.34. The molecule has 0 amide bonds. The summed E-state index contributed by atoms with van der Waals surface area (Å²) in [7, 11) is 0. The first-order valence-electron chi connectivity index (χ1n) is 6.31. The van der Waals surface area contributed by atoms with Gasteiger partial charge in [-0.05, 0) is 38.0 Å². The van der Waals surface area contributed by atoms with Crippen molar-refractivity contribution in [1.82, 2.24) is 15.2 Å². The van der Waals surface area contributed by atoms with E-state index in [1.165, 1.54) is 5.56 Å². The largest absolute Gasteiger partial charge is 0.360 e. The molecule has 6 heteroatoms. The van der Waals surface area contributed by atoms with Crippen molar-refractivity contribution in [2.75, 3.05) is 11.9 Å². The van der Waals surface area contributed by atoms with Crippen molar-refractivity contribution in [3.8, 4) is 0 Å². The number of nitrogens with one attached hydrogen (secondary N) is 1. The normalized spacial score (nSPS) is 10.7. The highest BCUT2D eigenvalue weighted by Crippen LogP contribution is 2.25. The third kappa shape index (κ3) is 4.47. The summed E-state index contributed by atoms with van der Waals surface area (Å²) in [4.78, 5) is 4.51. The van der Waals surface area contributed by atoms with Crippen LogP contribution in [0, 0.1) is 13.8 Å². The maximum Gasteiger partial charge on any atom is 0.205 e. The minimum absolute atomic E-state index is 0.821. The Labute approximate surface area is 122 Å². The highest BCUT2D eigenvalue weighted by molar-refractivity contribution is 7.98. The second kappa shape index (κ2) is 6.86. The molecule has 0 aliphatic rings. The number of anilines is 1. The van der Waals surface area contributed by atoms with E-state index in [0.717, 1.165) is 39.6 Å². The lowest BCUT2D eigenvalue weighted by Crippen LogP contribution is -1.98. The predicted molar refractivity (Wildman–Crippen MR) is 82.0 cm³/mol. The molecule has 0 atom stereocenters. The van der Waals surface area contributed by atoms with Gasteiger partial charge in [0, 0.05) is 12.2 Å². The maximum atomic E-state index is 4.51. The molecule has 0 saturated heterocycles. The summed E-state index contributed by atoms with van der Waals surface area (Å²) in [5.74, 6) is 0.821. The van der Waals surface area contributed by atoms with Crippen molar-refractivity contribution in [2.24, 2.45) is 0 Å². The highest BCUT2D eigenvalue weighted by Gasteiger charge is 2.05. The minimum Gasteiger partial charge on any atom is -0.360 e. The van der Waals surface area contributed by atoms with Gasteiger partial charge in [-0.15, -0.1) is 10.2 Å². The Morgan fingerprint density at radius 1 is 1.26 bits per heavy atom. The van der Waals surface area contributed by atoms with E-state index >= 15 is 0 Å². The molecule has 2 aromatic heterocycles. The van der Waals surface area contributed by atoms with Gasteiger partial charge in [-0.3, -0.25) is 0 Å². The minimum atomic E-state index is 0.821. The zero-order valence-corrected chi connectivity index (χ0v) is 13.1. The Kier molecular flexibility index (Phi) is 5.15. The van der Waals surface area contributed by atoms with Crippen LogP contribution < -0.4 is 5.32 Å². The summed E-state index contributed by atoms with van der Waals surface area (Å²) < 4.78 is 0. The Morgan fingerprint density at radius 3 is 2.84 bits per heavy atom. The summed E-state index contributed by atoms with van der Waals surface area (Å²) in [6, 6.07) is 4.19. The molecule has 2 aromatic rings. The molecule has 0 aliphatic heterocycles. The fraction of sp³-hybridized carbons (Fsp3) is 0.462. The topological polar surface area (TPSA) is 50.7 Å². The SMILES string of the molecule is CCCNc1nnc(CSc2cc(C)cc(C)n2)s1. The van der Waals surface area contributed by atoms with Crippen LogP contribution in [-0.4, -0.2) is 21.7 Å². The first-order chi connectivity index (χ1) is 9.17. The van der Waals surface area contributed by atoms with E-state index in [4.69, 9.17) is 0 Å². The lowest BCUT2D eigenvalue weighted by molar-refractivity contribution is 0.957. The number of thioether (sulfide) groups is 1. The summed E-state index contributed by atoms with van der Waals surface area (Å²) in [6.45, 7) is 7.20. The number of hydrogen-bond acceptors (Lipinski definition) is 6. The van der Waals surface area contributed by atoms with Gasteiger partial charge in [0.1, 0.15) is 5.01 Å². The number of aromatic nitrogens is 3. The molecule has 0 unspecified atom stereocenters. The Bertz CT molecular complexity index is 519. The van der Waals surface area contributed by atoms with Gasteiger partial charge in [0.15, 0.2) is 0 Å². The Morgan fingerprint density at radius 2 is 2.11 bits per heavy atom. The summed E-state index contributed by atoms with van der Waals surface area (Å²) >= 11 is 3.33. The fourth-order valence-electron chi connectivity index (χ4n) is 1.63. The van der Waals surface area contributed by atoms with Crippen LogP contribution >= 0.6 is 23.1 Å². The van der Waals surface area contributed by atoms with E-state index in [1.54, 1.807) is 23.1 Å². The van der Waals surface area contributed by atoms with Crippen LogP contribution in [0.3, 0.4) is 0 Å². The third-order valence-corrected chi connectivity index (χ3v) is 4.40. The Hall–Kier alpha value is -1.14. The van der Waals surface area contributed by atoms with E-state index in [-0.39, 0.29) is 0 Å². The van der Waals surface area contributed by atoms with Crippen molar-refractivity contribution in [1.29, 1.82) is 0 Å². The first-order valence-corrected chi connectivity index (χ1v) is 8.12. The van der Waals surface area contributed by atoms with Gasteiger partial charge in [-0.25, -0.2) is 4.98 Å². The number of rotatable bonds is 6. The maximum absolute atomic E-state index is 4.51. The van der Waals surface area contributed by atoms with E-state index < -0.39 is 0 Å². The van der Waals surface area contributed by atoms with Gasteiger partial charge in [-0.1, -0.05) is 30.0 Å². The van der Waals surface area contributed by atoms with Crippen LogP contribution in [0.1, 0.15) is 29.6 Å². The van der Waals surface area contributed by atoms with Crippen LogP contribution in [0.4, 0.5) is 5.13 Å². The van der Waals surface area contributed by atoms with Gasteiger partial charge in [0.2, 0.25) is 5.13 Å². The van der Waals surface area contributed by atoms with Crippen molar-refractivity contribution in [2.45, 2.75) is 38.0 Å². The summed E-state index contributed by atoms with van der Waals surface area (Å²) in [5, 5.41) is 14.6. The second-order valence-corrected chi connectivity index (χ2v) is 6.40. The lowest BCUT2D eigenvalue weighted by Gasteiger charge is -2.01. The zero-order valence-electron chi connectivity index (χ0n) is 11.4. The average Bonchev–Trinajstić information content (AvgIpc) is 2.81. The third-order valence-electron chi connectivity index (χ3n) is 2.41. The smallest absolute Gasteiger partial charge is 0.205 e. The van der Waals surface area contributed by atoms with Gasteiger partial charge in [-0.2, -0.15) is 0 Å². The lowest BCUT2D eigenvalue weighted by atomic mass is 10.3. The average molecular weight is 294 g/mol. The Balaban J connectivity index is 1.92. The summed E-state index contributed by atoms with van der Waals surface area (Å²) in [6.07, 6.45) is 1.09. The van der Waals surface area contributed by atoms with Crippen LogP contribution in [0.25, 0.3) is 0 Å². The summed E-state index contributed by atoms with van der Waals surface area (Å²) in [5.41, 5.74) is 2.31. The van der Waals surface area contributed by atoms with Crippen LogP contribution in [0.15, 0.2) is 17.2 Å². The quantitative estimate of drug-likeness (QED) is 0.824. The molecule has 4 nitrogen and oxygen atoms in total. The molecule has 1 N–H and O–H groups in total. The monoisotopic (exact) mass is 294 g/mol. The number of nitrogens with zero attached hydrogens (tertiary/aromatic N) is 3. The first kappa shape index (κ1) is 14.3. The van der Waals surface area contributed by atoms with E-state index in [9.17, 15) is 0 Å². The van der Waals surface area contributed by atoms with Crippen molar-refractivity contribution >= 4 is 28.2 Å². The molecule has 0 aromatic carbocycles. The molecule has 0 radical (unpaired) electrons. The van der Waals surface area contributed by atoms with Crippen LogP contribution in [-0.2, 0) is 5.75 Å². The van der Waals surface area contributed by atoms with Gasteiger partial charge in [0.25, 0.3) is 0 Å². The molecular weight excluding hydrogens is 276 g/mol. The van der Waals surface area contributed by atoms with E-state index in [0.29, 0.717) is 0 Å². The van der Waals surface area contributed by atoms with Crippen molar-refractivity contribution in [3.63, 3.8) is 0 Å². The molecule has 0 saturated carbocycles. The molecule has 0 aliphatic carbocycles. The molecular formula is C13H18N4S2. The number of hydrogen-bond donors (Lipinski definition) is 1. The van der Waals surface area contributed by atoms with Gasteiger partial charge in [0.05, 0.1) is 10.8 Å². The van der Waals surface area contributed by atoms with Crippen LogP contribution in [0.2, 0.25) is 0 Å². The predicted octanol–water partition coefficient (Wildman–Crippen LogP) is 3.66. The number of pyridine rings is 1. The molecule has 0 spiro atoms. The molecule has 19 heavy (non-hydrogen) atoms. The molecule has 0 fully saturated rings.